The van der Waals surface area contributed by atoms with Gasteiger partial charge in [0.25, 0.3) is 0 Å². The van der Waals surface area contributed by atoms with E-state index < -0.39 is 0 Å². The topological polar surface area (TPSA) is 3.24 Å². The molecule has 5 unspecified atom stereocenters. The Bertz CT molecular complexity index is 2720. The van der Waals surface area contributed by atoms with Crippen molar-refractivity contribution in [1.29, 1.82) is 0 Å². The molecule has 0 saturated heterocycles. The van der Waals surface area contributed by atoms with Gasteiger partial charge in [0.05, 0.1) is 5.69 Å². The molecule has 3 saturated carbocycles. The number of para-hydroxylation sites is 1. The maximum absolute atomic E-state index is 2.59. The average molecular weight is 698 g/mol. The van der Waals surface area contributed by atoms with Crippen molar-refractivity contribution in [2.45, 2.75) is 31.1 Å². The van der Waals surface area contributed by atoms with Gasteiger partial charge < -0.3 is 4.90 Å². The van der Waals surface area contributed by atoms with E-state index in [-0.39, 0.29) is 5.41 Å². The van der Waals surface area contributed by atoms with E-state index >= 15 is 0 Å². The van der Waals surface area contributed by atoms with E-state index in [4.69, 9.17) is 0 Å². The van der Waals surface area contributed by atoms with Gasteiger partial charge in [-0.25, -0.2) is 0 Å². The van der Waals surface area contributed by atoms with Gasteiger partial charge in [0, 0.05) is 37.0 Å². The standard InChI is InChI=1S/C51H39NS/c1-2-12-38(13-3-1)52(46-17-9-19-48-50(46)42-15-5-7-18-47(42)53-48)39-23-20-32(21-24-39)33-10-8-11-34(28-33)35-22-25-41-40-14-4-6-16-43(40)51(44(41)30-35)27-26-36-29-37-31-45(51)49(36)37/h1-25,28,30,36-37,45,49H,26-27,29,31H2. The molecule has 12 rings (SSSR count). The fourth-order valence-electron chi connectivity index (χ4n) is 11.4. The number of hydrogen-bond acceptors (Lipinski definition) is 2. The summed E-state index contributed by atoms with van der Waals surface area (Å²) in [6.07, 6.45) is 5.61. The van der Waals surface area contributed by atoms with Gasteiger partial charge in [-0.15, -0.1) is 11.3 Å². The molecule has 8 aromatic rings. The second-order valence-corrected chi connectivity index (χ2v) is 17.1. The lowest BCUT2D eigenvalue weighted by Crippen LogP contribution is -2.62. The Morgan fingerprint density at radius 2 is 1.21 bits per heavy atom. The quantitative estimate of drug-likeness (QED) is 0.173. The predicted molar refractivity (Wildman–Crippen MR) is 224 cm³/mol. The molecule has 2 heteroatoms. The summed E-state index contributed by atoms with van der Waals surface area (Å²) < 4.78 is 2.63. The fourth-order valence-corrected chi connectivity index (χ4v) is 12.5. The van der Waals surface area contributed by atoms with E-state index in [1.54, 1.807) is 11.1 Å². The maximum Gasteiger partial charge on any atom is 0.0554 e. The number of anilines is 3. The van der Waals surface area contributed by atoms with Crippen LogP contribution in [0.1, 0.15) is 36.8 Å². The summed E-state index contributed by atoms with van der Waals surface area (Å²) in [4.78, 5) is 2.42. The summed E-state index contributed by atoms with van der Waals surface area (Å²) in [7, 11) is 0. The zero-order valence-electron chi connectivity index (χ0n) is 29.6. The summed E-state index contributed by atoms with van der Waals surface area (Å²) in [5, 5.41) is 2.62. The Morgan fingerprint density at radius 1 is 0.509 bits per heavy atom. The van der Waals surface area contributed by atoms with Crippen LogP contribution in [0.15, 0.2) is 164 Å². The van der Waals surface area contributed by atoms with Crippen LogP contribution in [-0.2, 0) is 5.41 Å². The third kappa shape index (κ3) is 4.25. The molecule has 0 aliphatic heterocycles. The molecule has 0 bridgehead atoms. The molecule has 4 aliphatic rings. The molecular weight excluding hydrogens is 659 g/mol. The molecule has 4 aliphatic carbocycles. The van der Waals surface area contributed by atoms with Gasteiger partial charge in [-0.05, 0) is 148 Å². The molecule has 0 N–H and O–H groups in total. The van der Waals surface area contributed by atoms with E-state index in [1.165, 1.54) is 84.9 Å². The van der Waals surface area contributed by atoms with Crippen molar-refractivity contribution in [3.63, 3.8) is 0 Å². The highest BCUT2D eigenvalue weighted by Gasteiger charge is 2.65. The predicted octanol–water partition coefficient (Wildman–Crippen LogP) is 14.2. The molecule has 5 atom stereocenters. The first-order valence-electron chi connectivity index (χ1n) is 19.5. The summed E-state index contributed by atoms with van der Waals surface area (Å²) in [5.41, 5.74) is 15.0. The summed E-state index contributed by atoms with van der Waals surface area (Å²) in [6, 6.07) is 61.5. The van der Waals surface area contributed by atoms with Crippen LogP contribution in [0.5, 0.6) is 0 Å². The Morgan fingerprint density at radius 3 is 2.09 bits per heavy atom. The van der Waals surface area contributed by atoms with E-state index in [2.05, 4.69) is 169 Å². The third-order valence-corrected chi connectivity index (χ3v) is 14.9. The smallest absolute Gasteiger partial charge is 0.0554 e. The minimum absolute atomic E-state index is 0.192. The second kappa shape index (κ2) is 11.3. The van der Waals surface area contributed by atoms with Crippen LogP contribution in [0.25, 0.3) is 53.6 Å². The Labute approximate surface area is 315 Å². The van der Waals surface area contributed by atoms with Crippen molar-refractivity contribution in [3.05, 3.63) is 175 Å². The number of nitrogens with zero attached hydrogens (tertiary/aromatic N) is 1. The van der Waals surface area contributed by atoms with E-state index in [1.807, 2.05) is 11.3 Å². The molecule has 0 radical (unpaired) electrons. The molecule has 53 heavy (non-hydrogen) atoms. The zero-order valence-corrected chi connectivity index (χ0v) is 30.4. The highest BCUT2D eigenvalue weighted by Crippen LogP contribution is 2.73. The SMILES string of the molecule is c1ccc(N(c2ccc(-c3cccc(-c4ccc5c(c4)C4(CCC6CC7CC4C67)c4ccccc4-5)c3)cc2)c2cccc3sc4ccccc4c23)cc1. The average Bonchev–Trinajstić information content (AvgIpc) is 3.72. The lowest BCUT2D eigenvalue weighted by Gasteiger charge is -2.68. The van der Waals surface area contributed by atoms with Crippen LogP contribution >= 0.6 is 11.3 Å². The lowest BCUT2D eigenvalue weighted by molar-refractivity contribution is -0.149. The van der Waals surface area contributed by atoms with E-state index in [0.717, 1.165) is 35.0 Å². The number of rotatable bonds is 5. The Balaban J connectivity index is 0.923. The molecule has 1 aromatic heterocycles. The second-order valence-electron chi connectivity index (χ2n) is 16.0. The van der Waals surface area contributed by atoms with Crippen LogP contribution in [-0.4, -0.2) is 0 Å². The van der Waals surface area contributed by atoms with Crippen molar-refractivity contribution in [2.24, 2.45) is 23.7 Å². The first-order chi connectivity index (χ1) is 26.2. The van der Waals surface area contributed by atoms with Gasteiger partial charge in [-0.3, -0.25) is 0 Å². The van der Waals surface area contributed by atoms with Gasteiger partial charge in [0.15, 0.2) is 0 Å². The maximum atomic E-state index is 2.59. The minimum Gasteiger partial charge on any atom is -0.310 e. The Kier molecular flexibility index (Phi) is 6.40. The van der Waals surface area contributed by atoms with Gasteiger partial charge in [0.1, 0.15) is 0 Å². The molecule has 3 fully saturated rings. The fraction of sp³-hybridized carbons (Fsp3) is 0.176. The molecule has 0 amide bonds. The van der Waals surface area contributed by atoms with Crippen molar-refractivity contribution >= 4 is 48.6 Å². The first-order valence-corrected chi connectivity index (χ1v) is 20.3. The molecule has 1 heterocycles. The number of fused-ring (bicyclic) bond motifs is 9. The summed E-state index contributed by atoms with van der Waals surface area (Å²) in [6.45, 7) is 0. The highest BCUT2D eigenvalue weighted by molar-refractivity contribution is 7.26. The first kappa shape index (κ1) is 30.1. The van der Waals surface area contributed by atoms with Gasteiger partial charge in [-0.2, -0.15) is 0 Å². The summed E-state index contributed by atoms with van der Waals surface area (Å²) >= 11 is 1.87. The largest absolute Gasteiger partial charge is 0.310 e. The third-order valence-electron chi connectivity index (χ3n) is 13.7. The van der Waals surface area contributed by atoms with Crippen LogP contribution in [0.4, 0.5) is 17.1 Å². The van der Waals surface area contributed by atoms with Crippen LogP contribution in [0.2, 0.25) is 0 Å². The van der Waals surface area contributed by atoms with Gasteiger partial charge in [-0.1, -0.05) is 109 Å². The molecule has 1 nitrogen and oxygen atoms in total. The monoisotopic (exact) mass is 697 g/mol. The molecule has 7 aromatic carbocycles. The Hall–Kier alpha value is -5.44. The van der Waals surface area contributed by atoms with E-state index in [0.29, 0.717) is 0 Å². The van der Waals surface area contributed by atoms with Crippen LogP contribution in [0, 0.1) is 23.7 Å². The van der Waals surface area contributed by atoms with Gasteiger partial charge in [0.2, 0.25) is 0 Å². The van der Waals surface area contributed by atoms with Crippen LogP contribution < -0.4 is 4.90 Å². The lowest BCUT2D eigenvalue weighted by atomic mass is 9.36. The number of benzene rings is 7. The normalized spacial score (nSPS) is 23.2. The van der Waals surface area contributed by atoms with Crippen molar-refractivity contribution in [2.75, 3.05) is 4.90 Å². The van der Waals surface area contributed by atoms with Crippen molar-refractivity contribution in [3.8, 4) is 33.4 Å². The molecular formula is C51H39NS. The number of thiophene rings is 1. The van der Waals surface area contributed by atoms with E-state index in [9.17, 15) is 0 Å². The minimum atomic E-state index is 0.192. The summed E-state index contributed by atoms with van der Waals surface area (Å²) in [5.74, 6) is 3.74. The highest BCUT2D eigenvalue weighted by atomic mass is 32.1. The zero-order chi connectivity index (χ0) is 34.7. The molecule has 254 valence electrons. The number of hydrogen-bond donors (Lipinski definition) is 0. The van der Waals surface area contributed by atoms with Crippen molar-refractivity contribution in [1.82, 2.24) is 0 Å². The van der Waals surface area contributed by atoms with Gasteiger partial charge >= 0.3 is 0 Å². The van der Waals surface area contributed by atoms with Crippen LogP contribution in [0.3, 0.4) is 0 Å². The molecule has 1 spiro atoms. The van der Waals surface area contributed by atoms with Crippen molar-refractivity contribution < 1.29 is 0 Å².